The molecule has 2 nitrogen and oxygen atoms in total. The molecule has 0 saturated heterocycles. The lowest BCUT2D eigenvalue weighted by molar-refractivity contribution is 1.28. The molecule has 0 aliphatic carbocycles. The highest BCUT2D eigenvalue weighted by Gasteiger charge is 2.16. The van der Waals surface area contributed by atoms with Crippen molar-refractivity contribution in [3.63, 3.8) is 0 Å². The molecule has 7 aromatic carbocycles. The van der Waals surface area contributed by atoms with Crippen molar-refractivity contribution < 1.29 is 0 Å². The minimum absolute atomic E-state index is 1.12. The van der Waals surface area contributed by atoms with Crippen molar-refractivity contribution in [2.75, 3.05) is 9.80 Å². The maximum absolute atomic E-state index is 2.33. The molecule has 7 rings (SSSR count). The van der Waals surface area contributed by atoms with Gasteiger partial charge in [-0.1, -0.05) is 127 Å². The van der Waals surface area contributed by atoms with E-state index in [0.717, 1.165) is 39.7 Å². The largest absolute Gasteiger partial charge is 0.311 e. The van der Waals surface area contributed by atoms with Crippen LogP contribution in [0.3, 0.4) is 0 Å². The van der Waals surface area contributed by atoms with Gasteiger partial charge < -0.3 is 9.80 Å². The van der Waals surface area contributed by atoms with E-state index in [4.69, 9.17) is 0 Å². The number of benzene rings is 7. The molecule has 0 amide bonds. The van der Waals surface area contributed by atoms with Crippen LogP contribution >= 0.6 is 0 Å². The van der Waals surface area contributed by atoms with Gasteiger partial charge >= 0.3 is 0 Å². The van der Waals surface area contributed by atoms with E-state index in [0.29, 0.717) is 0 Å². The third kappa shape index (κ3) is 5.62. The molecule has 0 unspecified atom stereocenters. The zero-order valence-corrected chi connectivity index (χ0v) is 24.4. The van der Waals surface area contributed by atoms with Gasteiger partial charge in [0.05, 0.1) is 5.69 Å². The van der Waals surface area contributed by atoms with E-state index in [1.165, 1.54) is 16.3 Å². The fourth-order valence-corrected chi connectivity index (χ4v) is 5.75. The molecule has 0 fully saturated rings. The van der Waals surface area contributed by atoms with Gasteiger partial charge in [0.1, 0.15) is 0 Å². The number of nitrogens with zero attached hydrogens (tertiary/aromatic N) is 2. The van der Waals surface area contributed by atoms with E-state index < -0.39 is 0 Å². The zero-order valence-electron chi connectivity index (χ0n) is 24.4. The monoisotopic (exact) mass is 564 g/mol. The lowest BCUT2D eigenvalue weighted by atomic mass is 10.00. The van der Waals surface area contributed by atoms with Crippen LogP contribution in [0.5, 0.6) is 0 Å². The average molecular weight is 565 g/mol. The van der Waals surface area contributed by atoms with Gasteiger partial charge in [0, 0.05) is 33.8 Å². The molecule has 0 saturated carbocycles. The number of fused-ring (bicyclic) bond motifs is 1. The van der Waals surface area contributed by atoms with Crippen LogP contribution in [0.4, 0.5) is 34.1 Å². The number of hydrogen-bond acceptors (Lipinski definition) is 2. The first-order valence-corrected chi connectivity index (χ1v) is 15.0. The molecule has 0 heterocycles. The van der Waals surface area contributed by atoms with Crippen molar-refractivity contribution in [3.05, 3.63) is 193 Å². The predicted octanol–water partition coefficient (Wildman–Crippen LogP) is 11.9. The lowest BCUT2D eigenvalue weighted by Gasteiger charge is -2.27. The Bertz CT molecular complexity index is 1900. The summed E-state index contributed by atoms with van der Waals surface area (Å²) in [5.74, 6) is 0. The zero-order chi connectivity index (χ0) is 29.6. The molecular formula is C42H32N2. The highest BCUT2D eigenvalue weighted by Crippen LogP contribution is 2.40. The van der Waals surface area contributed by atoms with Crippen LogP contribution in [-0.4, -0.2) is 0 Å². The Morgan fingerprint density at radius 2 is 0.705 bits per heavy atom. The topological polar surface area (TPSA) is 6.48 Å². The number of rotatable bonds is 8. The Morgan fingerprint density at radius 1 is 0.295 bits per heavy atom. The van der Waals surface area contributed by atoms with Gasteiger partial charge in [-0.05, 0) is 83.2 Å². The molecule has 7 aromatic rings. The van der Waals surface area contributed by atoms with E-state index in [1.54, 1.807) is 0 Å². The summed E-state index contributed by atoms with van der Waals surface area (Å²) in [7, 11) is 0. The Kier molecular flexibility index (Phi) is 7.71. The molecule has 0 N–H and O–H groups in total. The Hall–Kier alpha value is -5.86. The predicted molar refractivity (Wildman–Crippen MR) is 189 cm³/mol. The molecule has 0 atom stereocenters. The van der Waals surface area contributed by atoms with Crippen LogP contribution in [0.25, 0.3) is 22.9 Å². The fraction of sp³-hybridized carbons (Fsp3) is 0. The summed E-state index contributed by atoms with van der Waals surface area (Å²) in [6.07, 6.45) is 4.43. The molecule has 0 aliphatic rings. The maximum Gasteiger partial charge on any atom is 0.0540 e. The van der Waals surface area contributed by atoms with Crippen LogP contribution in [0.15, 0.2) is 182 Å². The Balaban J connectivity index is 1.23. The normalized spacial score (nSPS) is 11.1. The molecule has 210 valence electrons. The standard InChI is InChI=1S/C42H32N2/c1-5-15-35(16-6-1)43(36-17-7-2-8-18-36)39-30-26-33(27-31-39)25-28-34-29-32-42(41-24-14-13-23-40(34)41)44(37-19-9-3-10-20-37)38-21-11-4-12-22-38/h1-32H. The maximum atomic E-state index is 2.33. The first-order chi connectivity index (χ1) is 21.8. The number of para-hydroxylation sites is 4. The second-order valence-corrected chi connectivity index (χ2v) is 10.7. The van der Waals surface area contributed by atoms with Gasteiger partial charge in [-0.25, -0.2) is 0 Å². The van der Waals surface area contributed by atoms with E-state index >= 15 is 0 Å². The molecule has 0 bridgehead atoms. The minimum Gasteiger partial charge on any atom is -0.311 e. The van der Waals surface area contributed by atoms with Crippen LogP contribution in [0, 0.1) is 0 Å². The second-order valence-electron chi connectivity index (χ2n) is 10.7. The van der Waals surface area contributed by atoms with Crippen LogP contribution in [0.2, 0.25) is 0 Å². The highest BCUT2D eigenvalue weighted by molar-refractivity contribution is 6.03. The molecular weight excluding hydrogens is 532 g/mol. The van der Waals surface area contributed by atoms with Crippen LogP contribution in [-0.2, 0) is 0 Å². The van der Waals surface area contributed by atoms with Gasteiger partial charge in [0.15, 0.2) is 0 Å². The van der Waals surface area contributed by atoms with Crippen molar-refractivity contribution in [1.82, 2.24) is 0 Å². The van der Waals surface area contributed by atoms with E-state index in [2.05, 4.69) is 204 Å². The first-order valence-electron chi connectivity index (χ1n) is 15.0. The summed E-state index contributed by atoms with van der Waals surface area (Å²) < 4.78 is 0. The van der Waals surface area contributed by atoms with Gasteiger partial charge in [0.2, 0.25) is 0 Å². The van der Waals surface area contributed by atoms with Crippen molar-refractivity contribution in [3.8, 4) is 0 Å². The average Bonchev–Trinajstić information content (AvgIpc) is 3.10. The third-order valence-corrected chi connectivity index (χ3v) is 7.84. The molecule has 0 aromatic heterocycles. The van der Waals surface area contributed by atoms with E-state index in [1.807, 2.05) is 0 Å². The van der Waals surface area contributed by atoms with E-state index in [-0.39, 0.29) is 0 Å². The lowest BCUT2D eigenvalue weighted by Crippen LogP contribution is -2.10. The SMILES string of the molecule is C(=Cc1ccc(N(c2ccccc2)c2ccccc2)c2ccccc12)c1ccc(N(c2ccccc2)c2ccccc2)cc1. The van der Waals surface area contributed by atoms with Crippen molar-refractivity contribution in [2.45, 2.75) is 0 Å². The van der Waals surface area contributed by atoms with Gasteiger partial charge in [-0.2, -0.15) is 0 Å². The second kappa shape index (κ2) is 12.6. The minimum atomic E-state index is 1.12. The highest BCUT2D eigenvalue weighted by atomic mass is 15.1. The molecule has 0 aliphatic heterocycles. The summed E-state index contributed by atoms with van der Waals surface area (Å²) in [5.41, 5.74) is 9.14. The molecule has 44 heavy (non-hydrogen) atoms. The summed E-state index contributed by atoms with van der Waals surface area (Å²) in [6.45, 7) is 0. The number of anilines is 6. The smallest absolute Gasteiger partial charge is 0.0540 e. The Labute approximate surface area is 259 Å². The quantitative estimate of drug-likeness (QED) is 0.169. The Morgan fingerprint density at radius 3 is 1.20 bits per heavy atom. The van der Waals surface area contributed by atoms with Crippen LogP contribution in [0.1, 0.15) is 11.1 Å². The summed E-state index contributed by atoms with van der Waals surface area (Å²) in [4.78, 5) is 4.62. The number of hydrogen-bond donors (Lipinski definition) is 0. The molecule has 0 spiro atoms. The van der Waals surface area contributed by atoms with Gasteiger partial charge in [-0.15, -0.1) is 0 Å². The summed E-state index contributed by atoms with van der Waals surface area (Å²) in [5, 5.41) is 2.42. The van der Waals surface area contributed by atoms with Crippen molar-refractivity contribution >= 4 is 57.0 Å². The molecule has 0 radical (unpaired) electrons. The van der Waals surface area contributed by atoms with Crippen molar-refractivity contribution in [1.29, 1.82) is 0 Å². The third-order valence-electron chi connectivity index (χ3n) is 7.84. The van der Waals surface area contributed by atoms with Crippen LogP contribution < -0.4 is 9.80 Å². The first kappa shape index (κ1) is 27.0. The van der Waals surface area contributed by atoms with Gasteiger partial charge in [-0.3, -0.25) is 0 Å². The van der Waals surface area contributed by atoms with Crippen molar-refractivity contribution in [2.24, 2.45) is 0 Å². The molecule has 2 heteroatoms. The summed E-state index contributed by atoms with van der Waals surface area (Å²) >= 11 is 0. The fourth-order valence-electron chi connectivity index (χ4n) is 5.75. The van der Waals surface area contributed by atoms with E-state index in [9.17, 15) is 0 Å². The summed E-state index contributed by atoms with van der Waals surface area (Å²) in [6, 6.07) is 64.1. The van der Waals surface area contributed by atoms with Gasteiger partial charge in [0.25, 0.3) is 0 Å².